The third kappa shape index (κ3) is 2.50. The highest BCUT2D eigenvalue weighted by atomic mass is 16.2. The van der Waals surface area contributed by atoms with Crippen molar-refractivity contribution in [2.75, 3.05) is 13.6 Å². The summed E-state index contributed by atoms with van der Waals surface area (Å²) in [4.78, 5) is 14.0. The summed E-state index contributed by atoms with van der Waals surface area (Å²) >= 11 is 0. The van der Waals surface area contributed by atoms with Crippen molar-refractivity contribution in [3.8, 4) is 0 Å². The summed E-state index contributed by atoms with van der Waals surface area (Å²) in [5.41, 5.74) is 8.21. The molecule has 2 N–H and O–H groups in total. The van der Waals surface area contributed by atoms with Crippen LogP contribution in [-0.4, -0.2) is 30.4 Å². The van der Waals surface area contributed by atoms with E-state index in [1.807, 2.05) is 31.0 Å². The Morgan fingerprint density at radius 3 is 2.88 bits per heavy atom. The minimum absolute atomic E-state index is 0.0734. The molecule has 0 aliphatic heterocycles. The van der Waals surface area contributed by atoms with Crippen LogP contribution in [0.15, 0.2) is 24.3 Å². The van der Waals surface area contributed by atoms with E-state index >= 15 is 0 Å². The first-order valence-corrected chi connectivity index (χ1v) is 6.18. The number of likely N-dealkylation sites (N-methyl/N-ethyl adjacent to an activating group) is 1. The predicted molar refractivity (Wildman–Crippen MR) is 68.8 cm³/mol. The molecule has 0 heterocycles. The largest absolute Gasteiger partial charge is 0.345 e. The second-order valence-corrected chi connectivity index (χ2v) is 4.98. The minimum atomic E-state index is 0.0734. The van der Waals surface area contributed by atoms with Crippen LogP contribution in [0, 0.1) is 0 Å². The van der Waals surface area contributed by atoms with E-state index in [1.165, 1.54) is 11.1 Å². The van der Waals surface area contributed by atoms with Crippen molar-refractivity contribution in [2.24, 2.45) is 5.73 Å². The van der Waals surface area contributed by atoms with Gasteiger partial charge in [-0.1, -0.05) is 24.3 Å². The average molecular weight is 232 g/mol. The standard InChI is InChI=1S/C14H20N2O/c1-10(15)7-8-16(2)14(17)13-9-11-5-3-4-6-12(11)13/h3-6,10,13H,7-9,15H2,1-2H3. The van der Waals surface area contributed by atoms with E-state index in [2.05, 4.69) is 12.1 Å². The molecule has 2 unspecified atom stereocenters. The van der Waals surface area contributed by atoms with Crippen molar-refractivity contribution in [3.63, 3.8) is 0 Å². The average Bonchev–Trinajstić information content (AvgIpc) is 2.27. The molecule has 1 amide bonds. The maximum Gasteiger partial charge on any atom is 0.230 e. The van der Waals surface area contributed by atoms with E-state index in [0.29, 0.717) is 0 Å². The van der Waals surface area contributed by atoms with E-state index in [9.17, 15) is 4.79 Å². The maximum atomic E-state index is 12.2. The molecule has 3 heteroatoms. The summed E-state index contributed by atoms with van der Waals surface area (Å²) in [6.45, 7) is 2.71. The summed E-state index contributed by atoms with van der Waals surface area (Å²) in [5, 5.41) is 0. The first kappa shape index (κ1) is 12.1. The highest BCUT2D eigenvalue weighted by Gasteiger charge is 2.33. The molecule has 0 radical (unpaired) electrons. The van der Waals surface area contributed by atoms with Gasteiger partial charge in [0.05, 0.1) is 5.92 Å². The van der Waals surface area contributed by atoms with E-state index < -0.39 is 0 Å². The van der Waals surface area contributed by atoms with Gasteiger partial charge in [0, 0.05) is 19.6 Å². The van der Waals surface area contributed by atoms with Gasteiger partial charge in [-0.15, -0.1) is 0 Å². The zero-order valence-corrected chi connectivity index (χ0v) is 10.5. The van der Waals surface area contributed by atoms with E-state index in [0.717, 1.165) is 19.4 Å². The van der Waals surface area contributed by atoms with Crippen LogP contribution >= 0.6 is 0 Å². The van der Waals surface area contributed by atoms with Crippen LogP contribution in [0.3, 0.4) is 0 Å². The van der Waals surface area contributed by atoms with Gasteiger partial charge in [0.2, 0.25) is 5.91 Å². The Kier molecular flexibility index (Phi) is 3.48. The van der Waals surface area contributed by atoms with Crippen molar-refractivity contribution < 1.29 is 4.79 Å². The Bertz CT molecular complexity index is 414. The molecule has 1 aromatic rings. The Morgan fingerprint density at radius 2 is 2.24 bits per heavy atom. The van der Waals surface area contributed by atoms with Crippen molar-refractivity contribution in [1.82, 2.24) is 4.90 Å². The van der Waals surface area contributed by atoms with Gasteiger partial charge in [-0.3, -0.25) is 4.79 Å². The number of hydrogen-bond donors (Lipinski definition) is 1. The van der Waals surface area contributed by atoms with Gasteiger partial charge in [-0.2, -0.15) is 0 Å². The molecular formula is C14H20N2O. The third-order valence-corrected chi connectivity index (χ3v) is 3.45. The first-order chi connectivity index (χ1) is 8.09. The first-order valence-electron chi connectivity index (χ1n) is 6.18. The lowest BCUT2D eigenvalue weighted by atomic mass is 9.77. The molecule has 1 aliphatic rings. The lowest BCUT2D eigenvalue weighted by Gasteiger charge is -2.32. The molecule has 17 heavy (non-hydrogen) atoms. The number of carbonyl (C=O) groups is 1. The maximum absolute atomic E-state index is 12.2. The van der Waals surface area contributed by atoms with Crippen LogP contribution in [-0.2, 0) is 11.2 Å². The van der Waals surface area contributed by atoms with Crippen LogP contribution in [0.25, 0.3) is 0 Å². The fraction of sp³-hybridized carbons (Fsp3) is 0.500. The molecule has 0 bridgehead atoms. The zero-order chi connectivity index (χ0) is 12.4. The second kappa shape index (κ2) is 4.88. The third-order valence-electron chi connectivity index (χ3n) is 3.45. The lowest BCUT2D eigenvalue weighted by molar-refractivity contribution is -0.132. The SMILES string of the molecule is CC(N)CCN(C)C(=O)C1Cc2ccccc21. The van der Waals surface area contributed by atoms with Gasteiger partial charge in [-0.05, 0) is 30.9 Å². The highest BCUT2D eigenvalue weighted by Crippen LogP contribution is 2.35. The summed E-state index contributed by atoms with van der Waals surface area (Å²) in [6.07, 6.45) is 1.74. The van der Waals surface area contributed by atoms with Crippen molar-refractivity contribution >= 4 is 5.91 Å². The van der Waals surface area contributed by atoms with Crippen LogP contribution in [0.4, 0.5) is 0 Å². The normalized spacial score (nSPS) is 19.1. The number of nitrogens with two attached hydrogens (primary N) is 1. The number of amides is 1. The lowest BCUT2D eigenvalue weighted by Crippen LogP contribution is -2.38. The second-order valence-electron chi connectivity index (χ2n) is 4.98. The number of benzene rings is 1. The molecule has 0 aromatic heterocycles. The smallest absolute Gasteiger partial charge is 0.230 e. The van der Waals surface area contributed by atoms with Crippen LogP contribution in [0.5, 0.6) is 0 Å². The van der Waals surface area contributed by atoms with E-state index in [-0.39, 0.29) is 17.9 Å². The molecule has 1 aliphatic carbocycles. The van der Waals surface area contributed by atoms with E-state index in [4.69, 9.17) is 5.73 Å². The summed E-state index contributed by atoms with van der Waals surface area (Å²) in [6, 6.07) is 8.33. The Labute approximate surface area is 103 Å². The molecule has 0 saturated heterocycles. The van der Waals surface area contributed by atoms with Crippen molar-refractivity contribution in [2.45, 2.75) is 31.7 Å². The molecule has 3 nitrogen and oxygen atoms in total. The summed E-state index contributed by atoms with van der Waals surface area (Å²) < 4.78 is 0. The zero-order valence-electron chi connectivity index (χ0n) is 10.5. The van der Waals surface area contributed by atoms with Crippen LogP contribution in [0.1, 0.15) is 30.4 Å². The quantitative estimate of drug-likeness (QED) is 0.855. The fourth-order valence-corrected chi connectivity index (χ4v) is 2.25. The molecule has 2 rings (SSSR count). The van der Waals surface area contributed by atoms with E-state index in [1.54, 1.807) is 0 Å². The molecule has 0 spiro atoms. The Hall–Kier alpha value is -1.35. The monoisotopic (exact) mass is 232 g/mol. The van der Waals surface area contributed by atoms with Gasteiger partial charge in [0.25, 0.3) is 0 Å². The van der Waals surface area contributed by atoms with Gasteiger partial charge >= 0.3 is 0 Å². The fourth-order valence-electron chi connectivity index (χ4n) is 2.25. The van der Waals surface area contributed by atoms with Gasteiger partial charge in [0.15, 0.2) is 0 Å². The molecule has 0 saturated carbocycles. The molecular weight excluding hydrogens is 212 g/mol. The Morgan fingerprint density at radius 1 is 1.53 bits per heavy atom. The summed E-state index contributed by atoms with van der Waals surface area (Å²) in [5.74, 6) is 0.300. The van der Waals surface area contributed by atoms with Crippen molar-refractivity contribution in [1.29, 1.82) is 0 Å². The van der Waals surface area contributed by atoms with Gasteiger partial charge in [0.1, 0.15) is 0 Å². The molecule has 1 aromatic carbocycles. The van der Waals surface area contributed by atoms with Crippen LogP contribution < -0.4 is 5.73 Å². The number of rotatable bonds is 4. The van der Waals surface area contributed by atoms with Crippen LogP contribution in [0.2, 0.25) is 0 Å². The Balaban J connectivity index is 1.94. The number of nitrogens with zero attached hydrogens (tertiary/aromatic N) is 1. The summed E-state index contributed by atoms with van der Waals surface area (Å²) in [7, 11) is 1.87. The topological polar surface area (TPSA) is 46.3 Å². The molecule has 92 valence electrons. The molecule has 2 atom stereocenters. The molecule has 0 fully saturated rings. The van der Waals surface area contributed by atoms with Gasteiger partial charge in [-0.25, -0.2) is 0 Å². The number of fused-ring (bicyclic) bond motifs is 1. The van der Waals surface area contributed by atoms with Gasteiger partial charge < -0.3 is 10.6 Å². The highest BCUT2D eigenvalue weighted by molar-refractivity contribution is 5.86. The predicted octanol–water partition coefficient (Wildman–Crippen LogP) is 1.52. The number of hydrogen-bond acceptors (Lipinski definition) is 2. The van der Waals surface area contributed by atoms with Crippen molar-refractivity contribution in [3.05, 3.63) is 35.4 Å². The number of carbonyl (C=O) groups excluding carboxylic acids is 1. The minimum Gasteiger partial charge on any atom is -0.345 e.